The molecule has 0 bridgehead atoms. The molecule has 0 spiro atoms. The smallest absolute Gasteiger partial charge is 0.355 e. The van der Waals surface area contributed by atoms with Crippen LogP contribution in [0.1, 0.15) is 70.6 Å². The predicted octanol–water partition coefficient (Wildman–Crippen LogP) is 8.29. The molecule has 3 aliphatic rings. The second-order valence-corrected chi connectivity index (χ2v) is 14.8. The van der Waals surface area contributed by atoms with Crippen LogP contribution in [0.15, 0.2) is 84.4 Å². The summed E-state index contributed by atoms with van der Waals surface area (Å²) in [4.78, 5) is 37.5. The van der Waals surface area contributed by atoms with Crippen molar-refractivity contribution in [2.24, 2.45) is 11.8 Å². The number of benzene rings is 3. The van der Waals surface area contributed by atoms with Crippen LogP contribution in [0.4, 0.5) is 16.6 Å². The second-order valence-electron chi connectivity index (χ2n) is 13.8. The molecule has 3 atom stereocenters. The number of carboxylic acid groups (broad SMARTS) is 1. The van der Waals surface area contributed by atoms with Gasteiger partial charge in [0.1, 0.15) is 11.9 Å². The Kier molecular flexibility index (Phi) is 7.88. The number of hydrogen-bond acceptors (Lipinski definition) is 8. The fourth-order valence-corrected chi connectivity index (χ4v) is 9.07. The van der Waals surface area contributed by atoms with Crippen LogP contribution in [-0.2, 0) is 13.0 Å². The summed E-state index contributed by atoms with van der Waals surface area (Å²) in [5.74, 6) is 0.129. The monoisotopic (exact) mass is 680 g/mol. The van der Waals surface area contributed by atoms with Gasteiger partial charge in [0.15, 0.2) is 10.8 Å². The fraction of sp³-hybridized carbons (Fsp3) is 0.275. The van der Waals surface area contributed by atoms with E-state index in [1.165, 1.54) is 16.9 Å². The molecule has 250 valence electrons. The first-order chi connectivity index (χ1) is 24.2. The van der Waals surface area contributed by atoms with Crippen molar-refractivity contribution in [2.75, 3.05) is 22.1 Å². The molecule has 0 saturated heterocycles. The van der Waals surface area contributed by atoms with Crippen LogP contribution in [0.3, 0.4) is 0 Å². The summed E-state index contributed by atoms with van der Waals surface area (Å²) in [5, 5.41) is 28.1. The van der Waals surface area contributed by atoms with Crippen molar-refractivity contribution in [3.05, 3.63) is 112 Å². The summed E-state index contributed by atoms with van der Waals surface area (Å²) in [6.07, 6.45) is 6.09. The lowest BCUT2D eigenvalue weighted by molar-refractivity contribution is 0.0691. The van der Waals surface area contributed by atoms with E-state index in [1.54, 1.807) is 12.1 Å². The van der Waals surface area contributed by atoms with Gasteiger partial charge in [0, 0.05) is 29.8 Å². The molecule has 10 heteroatoms. The molecule has 1 saturated carbocycles. The standard InChI is InChI=1S/C40H36N6O3S/c1-23-13-15-31-24(2)20-40(31,19-23)45-32-11-6-8-26(29(32)21-41)27-14-16-35(43-36(27)38(48)49)46-18-17-25-7-5-9-28(30(25)22-46)37(47)44-39-42-33-10-3-4-12-34(33)50-39/h3-12,14-16,23-24,45H,13,17-20,22H2,1-2H3,(H,48,49)(H,42,44,47). The Bertz CT molecular complexity index is 2240. The van der Waals surface area contributed by atoms with Gasteiger partial charge in [-0.15, -0.1) is 0 Å². The van der Waals surface area contributed by atoms with Crippen molar-refractivity contribution < 1.29 is 14.7 Å². The Labute approximate surface area is 294 Å². The van der Waals surface area contributed by atoms with E-state index >= 15 is 0 Å². The number of amides is 1. The molecular weight excluding hydrogens is 645 g/mol. The van der Waals surface area contributed by atoms with Gasteiger partial charge in [-0.05, 0) is 90.6 Å². The number of carbonyl (C=O) groups excluding carboxylic acids is 1. The predicted molar refractivity (Wildman–Crippen MR) is 197 cm³/mol. The van der Waals surface area contributed by atoms with Crippen molar-refractivity contribution in [2.45, 2.75) is 51.6 Å². The molecule has 1 fully saturated rings. The van der Waals surface area contributed by atoms with Crippen molar-refractivity contribution in [1.29, 1.82) is 5.26 Å². The highest BCUT2D eigenvalue weighted by Crippen LogP contribution is 2.52. The molecule has 5 aromatic rings. The van der Waals surface area contributed by atoms with Crippen LogP contribution in [-0.4, -0.2) is 39.0 Å². The largest absolute Gasteiger partial charge is 0.476 e. The third-order valence-electron chi connectivity index (χ3n) is 10.5. The zero-order valence-corrected chi connectivity index (χ0v) is 28.7. The van der Waals surface area contributed by atoms with Crippen LogP contribution in [0.25, 0.3) is 21.3 Å². The number of nitrogens with zero attached hydrogens (tertiary/aromatic N) is 4. The average molecular weight is 681 g/mol. The summed E-state index contributed by atoms with van der Waals surface area (Å²) in [6, 6.07) is 25.0. The number of fused-ring (bicyclic) bond motifs is 3. The Morgan fingerprint density at radius 3 is 2.64 bits per heavy atom. The molecular formula is C40H36N6O3S. The van der Waals surface area contributed by atoms with Crippen LogP contribution in [0, 0.1) is 23.2 Å². The molecule has 2 aromatic heterocycles. The lowest BCUT2D eigenvalue weighted by Gasteiger charge is -2.54. The molecule has 2 aliphatic carbocycles. The number of aromatic carboxylic acids is 1. The van der Waals surface area contributed by atoms with Gasteiger partial charge in [-0.1, -0.05) is 67.7 Å². The van der Waals surface area contributed by atoms with E-state index in [1.807, 2.05) is 65.6 Å². The fourth-order valence-electron chi connectivity index (χ4n) is 8.21. The number of anilines is 3. The van der Waals surface area contributed by atoms with Gasteiger partial charge in [-0.2, -0.15) is 5.26 Å². The van der Waals surface area contributed by atoms with Gasteiger partial charge < -0.3 is 15.3 Å². The number of thiazole rings is 1. The molecule has 9 nitrogen and oxygen atoms in total. The van der Waals surface area contributed by atoms with E-state index in [4.69, 9.17) is 0 Å². The molecule has 8 rings (SSSR count). The Morgan fingerprint density at radius 1 is 1.00 bits per heavy atom. The van der Waals surface area contributed by atoms with E-state index in [0.29, 0.717) is 70.2 Å². The molecule has 3 heterocycles. The van der Waals surface area contributed by atoms with Crippen LogP contribution >= 0.6 is 11.3 Å². The van der Waals surface area contributed by atoms with Crippen molar-refractivity contribution in [1.82, 2.24) is 9.97 Å². The quantitative estimate of drug-likeness (QED) is 0.146. The molecule has 3 unspecified atom stereocenters. The van der Waals surface area contributed by atoms with Crippen molar-refractivity contribution >= 4 is 50.1 Å². The Morgan fingerprint density at radius 2 is 1.84 bits per heavy atom. The molecule has 1 amide bonds. The van der Waals surface area contributed by atoms with Gasteiger partial charge in [-0.25, -0.2) is 14.8 Å². The number of para-hydroxylation sites is 1. The number of aromatic nitrogens is 2. The normalized spacial score (nSPS) is 20.9. The number of hydrogen-bond donors (Lipinski definition) is 3. The van der Waals surface area contributed by atoms with Gasteiger partial charge >= 0.3 is 5.97 Å². The van der Waals surface area contributed by atoms with Crippen LogP contribution in [0.2, 0.25) is 0 Å². The average Bonchev–Trinajstić information content (AvgIpc) is 3.52. The second kappa shape index (κ2) is 12.4. The molecule has 1 aliphatic heterocycles. The van der Waals surface area contributed by atoms with E-state index in [-0.39, 0.29) is 17.1 Å². The third-order valence-corrected chi connectivity index (χ3v) is 11.4. The number of rotatable bonds is 7. The minimum atomic E-state index is -1.17. The summed E-state index contributed by atoms with van der Waals surface area (Å²) in [7, 11) is 0. The minimum Gasteiger partial charge on any atom is -0.476 e. The number of nitriles is 1. The van der Waals surface area contributed by atoms with Crippen molar-refractivity contribution in [3.63, 3.8) is 0 Å². The van der Waals surface area contributed by atoms with E-state index in [0.717, 1.165) is 40.6 Å². The SMILES string of the molecule is CC1CC=C2C(C)CC2(Nc2cccc(-c3ccc(N4CCc5cccc(C(=O)Nc6nc7ccccc7s6)c5C4)nc3C(=O)O)c2C#N)C1. The summed E-state index contributed by atoms with van der Waals surface area (Å²) in [5.41, 5.74) is 6.49. The van der Waals surface area contributed by atoms with E-state index in [2.05, 4.69) is 46.6 Å². The maximum Gasteiger partial charge on any atom is 0.355 e. The molecule has 3 aromatic carbocycles. The van der Waals surface area contributed by atoms with Gasteiger partial charge in [-0.3, -0.25) is 10.1 Å². The summed E-state index contributed by atoms with van der Waals surface area (Å²) >= 11 is 1.43. The zero-order valence-electron chi connectivity index (χ0n) is 27.9. The number of nitrogens with one attached hydrogen (secondary N) is 2. The van der Waals surface area contributed by atoms with Gasteiger partial charge in [0.25, 0.3) is 5.91 Å². The molecule has 0 radical (unpaired) electrons. The number of allylic oxidation sites excluding steroid dienone is 1. The lowest BCUT2D eigenvalue weighted by Crippen LogP contribution is -2.54. The summed E-state index contributed by atoms with van der Waals surface area (Å²) in [6.45, 7) is 5.51. The number of carbonyl (C=O) groups is 2. The van der Waals surface area contributed by atoms with Crippen molar-refractivity contribution in [3.8, 4) is 17.2 Å². The highest BCUT2D eigenvalue weighted by Gasteiger charge is 2.49. The first-order valence-electron chi connectivity index (χ1n) is 17.0. The van der Waals surface area contributed by atoms with Crippen LogP contribution in [0.5, 0.6) is 0 Å². The number of pyridine rings is 1. The maximum absolute atomic E-state index is 13.5. The third kappa shape index (κ3) is 5.48. The number of carboxylic acids is 1. The topological polar surface area (TPSA) is 131 Å². The Hall–Kier alpha value is -5.53. The highest BCUT2D eigenvalue weighted by molar-refractivity contribution is 7.22. The highest BCUT2D eigenvalue weighted by atomic mass is 32.1. The minimum absolute atomic E-state index is 0.119. The molecule has 50 heavy (non-hydrogen) atoms. The van der Waals surface area contributed by atoms with Gasteiger partial charge in [0.05, 0.1) is 27.0 Å². The maximum atomic E-state index is 13.5. The van der Waals surface area contributed by atoms with E-state index < -0.39 is 5.97 Å². The summed E-state index contributed by atoms with van der Waals surface area (Å²) < 4.78 is 0.996. The first kappa shape index (κ1) is 31.7. The zero-order chi connectivity index (χ0) is 34.6. The van der Waals surface area contributed by atoms with Crippen LogP contribution < -0.4 is 15.5 Å². The van der Waals surface area contributed by atoms with E-state index in [9.17, 15) is 20.0 Å². The lowest BCUT2D eigenvalue weighted by atomic mass is 9.58. The Balaban J connectivity index is 1.08. The van der Waals surface area contributed by atoms with Gasteiger partial charge in [0.2, 0.25) is 0 Å². The molecule has 3 N–H and O–H groups in total. The first-order valence-corrected chi connectivity index (χ1v) is 17.8.